The van der Waals surface area contributed by atoms with Gasteiger partial charge in [0.15, 0.2) is 0 Å². The van der Waals surface area contributed by atoms with Crippen molar-refractivity contribution >= 4 is 50.2 Å². The number of aryl methyl sites for hydroxylation is 1. The van der Waals surface area contributed by atoms with E-state index in [1.165, 1.54) is 56.3 Å². The zero-order chi connectivity index (χ0) is 23.1. The Bertz CT molecular complexity index is 1290. The summed E-state index contributed by atoms with van der Waals surface area (Å²) in [4.78, 5) is 24.1. The summed E-state index contributed by atoms with van der Waals surface area (Å²) in [6.07, 6.45) is 0. The number of amides is 3. The SMILES string of the molecule is CC(C)N(C(N)=O)S(=O)(=O)c1ccc(NC(=O)c2cc3c(Cl)c(F)ccc3n2C)cc1. The molecule has 0 bridgehead atoms. The number of carbonyl (C=O) groups excluding carboxylic acids is 2. The summed E-state index contributed by atoms with van der Waals surface area (Å²) in [5, 5.41) is 2.97. The first-order chi connectivity index (χ1) is 14.4. The fraction of sp³-hybridized carbons (Fsp3) is 0.200. The van der Waals surface area contributed by atoms with E-state index in [1.54, 1.807) is 11.6 Å². The molecule has 0 fully saturated rings. The maximum Gasteiger partial charge on any atom is 0.328 e. The molecule has 0 spiro atoms. The standard InChI is InChI=1S/C20H20ClFN4O4S/c1-11(2)26(20(23)28)31(29,30)13-6-4-12(5-7-13)24-19(27)17-10-14-16(25(17)3)9-8-15(22)18(14)21/h4-11H,1-3H3,(H2,23,28)(H,24,27). The van der Waals surface area contributed by atoms with Gasteiger partial charge in [-0.05, 0) is 56.3 Å². The van der Waals surface area contributed by atoms with Crippen LogP contribution in [0.25, 0.3) is 10.9 Å². The fourth-order valence-electron chi connectivity index (χ4n) is 3.24. The highest BCUT2D eigenvalue weighted by atomic mass is 35.5. The first kappa shape index (κ1) is 22.6. The molecule has 0 atom stereocenters. The number of hydrogen-bond donors (Lipinski definition) is 2. The number of nitrogens with two attached hydrogens (primary N) is 1. The van der Waals surface area contributed by atoms with Gasteiger partial charge in [-0.1, -0.05) is 11.6 Å². The molecule has 0 aliphatic carbocycles. The third-order valence-corrected chi connectivity index (χ3v) is 7.07. The van der Waals surface area contributed by atoms with Crippen LogP contribution in [0.15, 0.2) is 47.4 Å². The number of anilines is 1. The molecule has 1 aromatic heterocycles. The van der Waals surface area contributed by atoms with Crippen LogP contribution in [0, 0.1) is 5.82 Å². The molecule has 2 aromatic carbocycles. The van der Waals surface area contributed by atoms with E-state index in [2.05, 4.69) is 5.32 Å². The van der Waals surface area contributed by atoms with Gasteiger partial charge in [0.25, 0.3) is 15.9 Å². The maximum absolute atomic E-state index is 13.7. The van der Waals surface area contributed by atoms with E-state index in [0.717, 1.165) is 0 Å². The summed E-state index contributed by atoms with van der Waals surface area (Å²) in [6, 6.07) is 7.77. The Labute approximate surface area is 183 Å². The molecular weight excluding hydrogens is 447 g/mol. The Morgan fingerprint density at radius 1 is 1.16 bits per heavy atom. The molecule has 3 N–H and O–H groups in total. The zero-order valence-corrected chi connectivity index (χ0v) is 18.5. The van der Waals surface area contributed by atoms with Crippen molar-refractivity contribution in [2.24, 2.45) is 12.8 Å². The van der Waals surface area contributed by atoms with Crippen LogP contribution in [0.4, 0.5) is 14.9 Å². The van der Waals surface area contributed by atoms with Gasteiger partial charge in [-0.3, -0.25) is 4.79 Å². The number of nitrogens with one attached hydrogen (secondary N) is 1. The lowest BCUT2D eigenvalue weighted by Crippen LogP contribution is -2.44. The molecule has 0 aliphatic rings. The molecule has 1 heterocycles. The van der Waals surface area contributed by atoms with Crippen molar-refractivity contribution in [1.29, 1.82) is 0 Å². The first-order valence-corrected chi connectivity index (χ1v) is 11.0. The number of carbonyl (C=O) groups is 2. The van der Waals surface area contributed by atoms with Crippen molar-refractivity contribution in [3.63, 3.8) is 0 Å². The number of halogens is 2. The molecule has 8 nitrogen and oxygen atoms in total. The third kappa shape index (κ3) is 4.08. The van der Waals surface area contributed by atoms with Gasteiger partial charge in [-0.15, -0.1) is 0 Å². The van der Waals surface area contributed by atoms with Crippen molar-refractivity contribution in [3.05, 3.63) is 59.0 Å². The maximum atomic E-state index is 13.7. The van der Waals surface area contributed by atoms with Crippen LogP contribution in [-0.2, 0) is 17.1 Å². The number of sulfonamides is 1. The molecule has 164 valence electrons. The summed E-state index contributed by atoms with van der Waals surface area (Å²) in [7, 11) is -2.49. The molecule has 0 aliphatic heterocycles. The number of rotatable bonds is 5. The van der Waals surface area contributed by atoms with E-state index in [4.69, 9.17) is 17.3 Å². The number of primary amides is 1. The molecule has 0 saturated heterocycles. The van der Waals surface area contributed by atoms with E-state index >= 15 is 0 Å². The van der Waals surface area contributed by atoms with E-state index in [0.29, 0.717) is 20.9 Å². The average Bonchev–Trinajstić information content (AvgIpc) is 3.01. The third-order valence-electron chi connectivity index (χ3n) is 4.70. The van der Waals surface area contributed by atoms with Crippen LogP contribution in [0.5, 0.6) is 0 Å². The van der Waals surface area contributed by atoms with E-state index in [-0.39, 0.29) is 15.6 Å². The summed E-state index contributed by atoms with van der Waals surface area (Å²) in [6.45, 7) is 3.05. The van der Waals surface area contributed by atoms with Crippen LogP contribution in [0.2, 0.25) is 5.02 Å². The Hall–Kier alpha value is -3.11. The van der Waals surface area contributed by atoms with E-state index in [1.807, 2.05) is 0 Å². The van der Waals surface area contributed by atoms with Gasteiger partial charge in [0.05, 0.1) is 15.4 Å². The van der Waals surface area contributed by atoms with Crippen molar-refractivity contribution in [1.82, 2.24) is 8.87 Å². The van der Waals surface area contributed by atoms with Crippen LogP contribution in [0.1, 0.15) is 24.3 Å². The lowest BCUT2D eigenvalue weighted by Gasteiger charge is -2.24. The smallest absolute Gasteiger partial charge is 0.328 e. The Morgan fingerprint density at radius 2 is 1.77 bits per heavy atom. The number of benzene rings is 2. The number of nitrogens with zero attached hydrogens (tertiary/aromatic N) is 2. The van der Waals surface area contributed by atoms with Crippen molar-refractivity contribution in [2.75, 3.05) is 5.32 Å². The van der Waals surface area contributed by atoms with Gasteiger partial charge in [0, 0.05) is 24.2 Å². The lowest BCUT2D eigenvalue weighted by molar-refractivity contribution is 0.101. The van der Waals surface area contributed by atoms with Crippen molar-refractivity contribution < 1.29 is 22.4 Å². The minimum absolute atomic E-state index is 0.0779. The van der Waals surface area contributed by atoms with Gasteiger partial charge in [-0.2, -0.15) is 0 Å². The highest BCUT2D eigenvalue weighted by molar-refractivity contribution is 7.89. The summed E-state index contributed by atoms with van der Waals surface area (Å²) >= 11 is 5.99. The second-order valence-corrected chi connectivity index (χ2v) is 9.29. The van der Waals surface area contributed by atoms with Crippen LogP contribution >= 0.6 is 11.6 Å². The van der Waals surface area contributed by atoms with Gasteiger partial charge >= 0.3 is 6.03 Å². The topological polar surface area (TPSA) is 114 Å². The molecule has 31 heavy (non-hydrogen) atoms. The molecular formula is C20H20ClFN4O4S. The van der Waals surface area contributed by atoms with Crippen LogP contribution in [-0.4, -0.2) is 35.3 Å². The zero-order valence-electron chi connectivity index (χ0n) is 16.9. The average molecular weight is 467 g/mol. The number of urea groups is 1. The van der Waals surface area contributed by atoms with Crippen LogP contribution < -0.4 is 11.1 Å². The molecule has 11 heteroatoms. The predicted molar refractivity (Wildman–Crippen MR) is 116 cm³/mol. The van der Waals surface area contributed by atoms with E-state index in [9.17, 15) is 22.4 Å². The number of aromatic nitrogens is 1. The quantitative estimate of drug-likeness (QED) is 0.596. The monoisotopic (exact) mass is 466 g/mol. The second-order valence-electron chi connectivity index (χ2n) is 7.09. The minimum Gasteiger partial charge on any atom is -0.351 e. The van der Waals surface area contributed by atoms with E-state index < -0.39 is 33.8 Å². The molecule has 3 rings (SSSR count). The predicted octanol–water partition coefficient (Wildman–Crippen LogP) is 3.70. The Kier molecular flexibility index (Phi) is 5.97. The fourth-order valence-corrected chi connectivity index (χ4v) is 4.95. The normalized spacial score (nSPS) is 11.7. The molecule has 0 unspecified atom stereocenters. The highest BCUT2D eigenvalue weighted by Crippen LogP contribution is 2.29. The minimum atomic E-state index is -4.14. The second kappa shape index (κ2) is 8.20. The molecule has 3 amide bonds. The van der Waals surface area contributed by atoms with Gasteiger partial charge in [-0.25, -0.2) is 21.9 Å². The Morgan fingerprint density at radius 3 is 2.32 bits per heavy atom. The number of hydrogen-bond acceptors (Lipinski definition) is 4. The Balaban J connectivity index is 1.87. The summed E-state index contributed by atoms with van der Waals surface area (Å²) < 4.78 is 41.2. The lowest BCUT2D eigenvalue weighted by atomic mass is 10.2. The van der Waals surface area contributed by atoms with Gasteiger partial charge in [0.2, 0.25) is 0 Å². The molecule has 0 saturated carbocycles. The summed E-state index contributed by atoms with van der Waals surface area (Å²) in [5.74, 6) is -1.08. The highest BCUT2D eigenvalue weighted by Gasteiger charge is 2.30. The van der Waals surface area contributed by atoms with Crippen molar-refractivity contribution in [2.45, 2.75) is 24.8 Å². The van der Waals surface area contributed by atoms with Crippen molar-refractivity contribution in [3.8, 4) is 0 Å². The van der Waals surface area contributed by atoms with Gasteiger partial charge < -0.3 is 15.6 Å². The first-order valence-electron chi connectivity index (χ1n) is 9.14. The molecule has 0 radical (unpaired) electrons. The molecule has 3 aromatic rings. The van der Waals surface area contributed by atoms with Crippen LogP contribution in [0.3, 0.4) is 0 Å². The van der Waals surface area contributed by atoms with Gasteiger partial charge in [0.1, 0.15) is 11.5 Å². The number of fused-ring (bicyclic) bond motifs is 1. The summed E-state index contributed by atoms with van der Waals surface area (Å²) in [5.41, 5.74) is 6.34. The largest absolute Gasteiger partial charge is 0.351 e.